The summed E-state index contributed by atoms with van der Waals surface area (Å²) < 4.78 is 39.8. The number of rotatable bonds is 3. The Morgan fingerprint density at radius 3 is 2.85 bits per heavy atom. The zero-order chi connectivity index (χ0) is 18.9. The Labute approximate surface area is 147 Å². The number of amides is 1. The summed E-state index contributed by atoms with van der Waals surface area (Å²) in [5, 5.41) is 8.76. The van der Waals surface area contributed by atoms with E-state index in [0.717, 1.165) is 6.20 Å². The lowest BCUT2D eigenvalue weighted by atomic mass is 9.99. The molecule has 1 amide bonds. The molecule has 1 atom stereocenters. The zero-order valence-corrected chi connectivity index (χ0v) is 14.0. The molecule has 0 saturated heterocycles. The molecule has 0 aromatic carbocycles. The van der Waals surface area contributed by atoms with E-state index in [1.165, 1.54) is 27.8 Å². The summed E-state index contributed by atoms with van der Waals surface area (Å²) in [6, 6.07) is 4.94. The van der Waals surface area contributed by atoms with Gasteiger partial charge >= 0.3 is 6.18 Å². The molecule has 26 heavy (non-hydrogen) atoms. The largest absolute Gasteiger partial charge is 0.434 e. The maximum atomic E-state index is 12.8. The number of alkyl halides is 3. The summed E-state index contributed by atoms with van der Waals surface area (Å²) in [5.41, 5.74) is -0.283. The van der Waals surface area contributed by atoms with Crippen molar-refractivity contribution < 1.29 is 18.0 Å². The Balaban J connectivity index is 1.65. The fraction of sp³-hybridized carbons (Fsp3) is 0.412. The molecule has 6 nitrogen and oxygen atoms in total. The van der Waals surface area contributed by atoms with Crippen LogP contribution in [0.4, 0.5) is 13.2 Å². The van der Waals surface area contributed by atoms with Crippen LogP contribution in [-0.2, 0) is 19.1 Å². The SMILES string of the molecule is CN(C[C@H]1CCc2nc(C(F)(F)F)cn2C1)C(=O)c1ccc(C#N)cn1. The lowest BCUT2D eigenvalue weighted by Gasteiger charge is -2.28. The quantitative estimate of drug-likeness (QED) is 0.840. The van der Waals surface area contributed by atoms with E-state index in [2.05, 4.69) is 9.97 Å². The van der Waals surface area contributed by atoms with Gasteiger partial charge in [-0.15, -0.1) is 0 Å². The minimum Gasteiger partial charge on any atom is -0.340 e. The number of aryl methyl sites for hydroxylation is 1. The highest BCUT2D eigenvalue weighted by atomic mass is 19.4. The van der Waals surface area contributed by atoms with Crippen molar-refractivity contribution in [2.45, 2.75) is 25.6 Å². The van der Waals surface area contributed by atoms with Crippen LogP contribution in [0.1, 0.15) is 34.0 Å². The molecule has 136 valence electrons. The van der Waals surface area contributed by atoms with Gasteiger partial charge in [0.05, 0.1) is 5.56 Å². The van der Waals surface area contributed by atoms with Crippen LogP contribution in [0.3, 0.4) is 0 Å². The highest BCUT2D eigenvalue weighted by Gasteiger charge is 2.36. The molecule has 1 aliphatic rings. The number of fused-ring (bicyclic) bond motifs is 1. The molecule has 0 bridgehead atoms. The van der Waals surface area contributed by atoms with Gasteiger partial charge in [0.25, 0.3) is 5.91 Å². The minimum absolute atomic E-state index is 0.0325. The van der Waals surface area contributed by atoms with Crippen LogP contribution in [0.5, 0.6) is 0 Å². The van der Waals surface area contributed by atoms with Gasteiger partial charge in [-0.1, -0.05) is 0 Å². The normalized spacial score (nSPS) is 16.7. The Kier molecular flexibility index (Phi) is 4.68. The van der Waals surface area contributed by atoms with Crippen LogP contribution in [0.15, 0.2) is 24.5 Å². The molecule has 9 heteroatoms. The number of halogens is 3. The van der Waals surface area contributed by atoms with Crippen LogP contribution in [-0.4, -0.2) is 38.9 Å². The van der Waals surface area contributed by atoms with Gasteiger partial charge in [0, 0.05) is 39.0 Å². The van der Waals surface area contributed by atoms with Gasteiger partial charge in [-0.05, 0) is 24.5 Å². The second kappa shape index (κ2) is 6.78. The predicted octanol–water partition coefficient (Wildman–Crippen LogP) is 2.50. The van der Waals surface area contributed by atoms with Gasteiger partial charge in [0.2, 0.25) is 0 Å². The summed E-state index contributed by atoms with van der Waals surface area (Å²) in [5.74, 6) is 0.170. The topological polar surface area (TPSA) is 74.8 Å². The molecule has 0 N–H and O–H groups in total. The summed E-state index contributed by atoms with van der Waals surface area (Å²) in [6.07, 6.45) is -0.984. The number of hydrogen-bond donors (Lipinski definition) is 0. The third-order valence-electron chi connectivity index (χ3n) is 4.37. The van der Waals surface area contributed by atoms with E-state index in [9.17, 15) is 18.0 Å². The third kappa shape index (κ3) is 3.69. The first-order valence-electron chi connectivity index (χ1n) is 8.03. The Bertz CT molecular complexity index is 851. The van der Waals surface area contributed by atoms with Gasteiger partial charge in [-0.3, -0.25) is 4.79 Å². The highest BCUT2D eigenvalue weighted by Crippen LogP contribution is 2.30. The number of aromatic nitrogens is 3. The monoisotopic (exact) mass is 363 g/mol. The van der Waals surface area contributed by atoms with Crippen molar-refractivity contribution in [2.24, 2.45) is 5.92 Å². The number of hydrogen-bond acceptors (Lipinski definition) is 4. The average molecular weight is 363 g/mol. The molecular weight excluding hydrogens is 347 g/mol. The van der Waals surface area contributed by atoms with Crippen LogP contribution in [0, 0.1) is 17.2 Å². The molecule has 0 saturated carbocycles. The van der Waals surface area contributed by atoms with E-state index in [4.69, 9.17) is 5.26 Å². The van der Waals surface area contributed by atoms with Crippen LogP contribution in [0.25, 0.3) is 0 Å². The van der Waals surface area contributed by atoms with Gasteiger partial charge in [-0.2, -0.15) is 18.4 Å². The standard InChI is InChI=1S/C17H16F3N5O/c1-24(16(26)13-4-2-11(6-21)7-22-13)8-12-3-5-15-23-14(17(18,19)20)10-25(15)9-12/h2,4,7,10,12H,3,5,8-9H2,1H3/t12-/m1/s1. The fourth-order valence-electron chi connectivity index (χ4n) is 3.05. The average Bonchev–Trinajstić information content (AvgIpc) is 3.05. The maximum Gasteiger partial charge on any atom is 0.434 e. The fourth-order valence-corrected chi connectivity index (χ4v) is 3.05. The second-order valence-electron chi connectivity index (χ2n) is 6.33. The predicted molar refractivity (Wildman–Crippen MR) is 85.0 cm³/mol. The first-order chi connectivity index (χ1) is 12.3. The summed E-state index contributed by atoms with van der Waals surface area (Å²) in [4.78, 5) is 21.5. The van der Waals surface area contributed by atoms with Crippen LogP contribution >= 0.6 is 0 Å². The van der Waals surface area contributed by atoms with Crippen molar-refractivity contribution >= 4 is 5.91 Å². The molecular formula is C17H16F3N5O. The molecule has 0 fully saturated rings. The molecule has 0 spiro atoms. The third-order valence-corrected chi connectivity index (χ3v) is 4.37. The van der Waals surface area contributed by atoms with Crippen molar-refractivity contribution in [1.82, 2.24) is 19.4 Å². The molecule has 0 aliphatic carbocycles. The number of nitrogens with zero attached hydrogens (tertiary/aromatic N) is 5. The number of imidazole rings is 1. The lowest BCUT2D eigenvalue weighted by molar-refractivity contribution is -0.141. The Morgan fingerprint density at radius 2 is 2.23 bits per heavy atom. The molecule has 0 radical (unpaired) electrons. The van der Waals surface area contributed by atoms with E-state index in [-0.39, 0.29) is 17.5 Å². The molecule has 1 aliphatic heterocycles. The van der Waals surface area contributed by atoms with Gasteiger partial charge in [-0.25, -0.2) is 9.97 Å². The number of pyridine rings is 1. The van der Waals surface area contributed by atoms with Gasteiger partial charge in [0.15, 0.2) is 5.69 Å². The van der Waals surface area contributed by atoms with Crippen LogP contribution < -0.4 is 0 Å². The van der Waals surface area contributed by atoms with Crippen LogP contribution in [0.2, 0.25) is 0 Å². The number of nitriles is 1. The lowest BCUT2D eigenvalue weighted by Crippen LogP contribution is -2.35. The zero-order valence-electron chi connectivity index (χ0n) is 14.0. The number of carbonyl (C=O) groups is 1. The van der Waals surface area contributed by atoms with E-state index in [1.54, 1.807) is 7.05 Å². The highest BCUT2D eigenvalue weighted by molar-refractivity contribution is 5.92. The molecule has 3 heterocycles. The Morgan fingerprint density at radius 1 is 1.46 bits per heavy atom. The van der Waals surface area contributed by atoms with E-state index in [0.29, 0.717) is 37.3 Å². The van der Waals surface area contributed by atoms with Gasteiger partial charge < -0.3 is 9.47 Å². The first-order valence-corrected chi connectivity index (χ1v) is 8.03. The van der Waals surface area contributed by atoms with E-state index in [1.807, 2.05) is 6.07 Å². The summed E-state index contributed by atoms with van der Waals surface area (Å²) in [6.45, 7) is 0.788. The Hall–Kier alpha value is -2.89. The van der Waals surface area contributed by atoms with Crippen molar-refractivity contribution in [3.05, 3.63) is 47.3 Å². The first kappa shape index (κ1) is 17.9. The smallest absolute Gasteiger partial charge is 0.340 e. The molecule has 2 aromatic rings. The maximum absolute atomic E-state index is 12.8. The number of carbonyl (C=O) groups excluding carboxylic acids is 1. The van der Waals surface area contributed by atoms with Gasteiger partial charge in [0.1, 0.15) is 17.6 Å². The molecule has 0 unspecified atom stereocenters. The molecule has 2 aromatic heterocycles. The van der Waals surface area contributed by atoms with E-state index >= 15 is 0 Å². The van der Waals surface area contributed by atoms with Crippen molar-refractivity contribution in [1.29, 1.82) is 5.26 Å². The van der Waals surface area contributed by atoms with Crippen molar-refractivity contribution in [3.63, 3.8) is 0 Å². The van der Waals surface area contributed by atoms with Crippen molar-refractivity contribution in [3.8, 4) is 6.07 Å². The second-order valence-corrected chi connectivity index (χ2v) is 6.33. The van der Waals surface area contributed by atoms with Crippen molar-refractivity contribution in [2.75, 3.05) is 13.6 Å². The summed E-state index contributed by atoms with van der Waals surface area (Å²) in [7, 11) is 1.63. The molecule has 3 rings (SSSR count). The minimum atomic E-state index is -4.45. The summed E-state index contributed by atoms with van der Waals surface area (Å²) >= 11 is 0. The van der Waals surface area contributed by atoms with E-state index < -0.39 is 11.9 Å².